The van der Waals surface area contributed by atoms with Crippen LogP contribution in [0.15, 0.2) is 59.5 Å². The van der Waals surface area contributed by atoms with Gasteiger partial charge in [-0.15, -0.1) is 0 Å². The van der Waals surface area contributed by atoms with Crippen LogP contribution in [-0.2, 0) is 26.2 Å². The second-order valence-corrected chi connectivity index (χ2v) is 13.5. The summed E-state index contributed by atoms with van der Waals surface area (Å²) in [4.78, 5) is 29.2. The lowest BCUT2D eigenvalue weighted by Gasteiger charge is -2.34. The SMILES string of the molecule is CCC(C)NC(=O)C(CC)N(Cc1c(Cl)cccc1Cl)C(=O)CN(c1cc(C)cc(C)c1)S(=O)(=O)c1ccc(OC)c(OC)c1. The van der Waals surface area contributed by atoms with E-state index in [1.807, 2.05) is 33.8 Å². The molecule has 0 heterocycles. The molecule has 0 aliphatic heterocycles. The number of benzene rings is 3. The number of aryl methyl sites for hydroxylation is 2. The number of nitrogens with zero attached hydrogens (tertiary/aromatic N) is 2. The van der Waals surface area contributed by atoms with E-state index in [4.69, 9.17) is 32.7 Å². The predicted molar refractivity (Wildman–Crippen MR) is 179 cm³/mol. The maximum atomic E-state index is 14.4. The van der Waals surface area contributed by atoms with E-state index in [0.29, 0.717) is 33.5 Å². The Morgan fingerprint density at radius 3 is 2.02 bits per heavy atom. The highest BCUT2D eigenvalue weighted by molar-refractivity contribution is 7.92. The molecule has 244 valence electrons. The molecule has 9 nitrogen and oxygen atoms in total. The molecule has 2 unspecified atom stereocenters. The van der Waals surface area contributed by atoms with Crippen molar-refractivity contribution >= 4 is 50.7 Å². The summed E-state index contributed by atoms with van der Waals surface area (Å²) in [7, 11) is -1.48. The van der Waals surface area contributed by atoms with Gasteiger partial charge in [0.05, 0.1) is 24.8 Å². The Morgan fingerprint density at radius 1 is 0.889 bits per heavy atom. The summed E-state index contributed by atoms with van der Waals surface area (Å²) < 4.78 is 40.4. The molecule has 0 aliphatic rings. The average Bonchev–Trinajstić information content (AvgIpc) is 2.99. The number of carbonyl (C=O) groups excluding carboxylic acids is 2. The Labute approximate surface area is 276 Å². The van der Waals surface area contributed by atoms with Crippen molar-refractivity contribution in [1.29, 1.82) is 0 Å². The smallest absolute Gasteiger partial charge is 0.264 e. The molecule has 0 fully saturated rings. The van der Waals surface area contributed by atoms with Crippen LogP contribution in [0.4, 0.5) is 5.69 Å². The minimum Gasteiger partial charge on any atom is -0.493 e. The van der Waals surface area contributed by atoms with Crippen LogP contribution in [0.1, 0.15) is 50.3 Å². The molecule has 0 saturated carbocycles. The summed E-state index contributed by atoms with van der Waals surface area (Å²) in [6, 6.07) is 13.5. The maximum absolute atomic E-state index is 14.4. The summed E-state index contributed by atoms with van der Waals surface area (Å²) >= 11 is 13.0. The van der Waals surface area contributed by atoms with Gasteiger partial charge in [-0.2, -0.15) is 0 Å². The van der Waals surface area contributed by atoms with E-state index in [2.05, 4.69) is 5.32 Å². The summed E-state index contributed by atoms with van der Waals surface area (Å²) in [5.41, 5.74) is 2.36. The lowest BCUT2D eigenvalue weighted by Crippen LogP contribution is -2.53. The fraction of sp³-hybridized carbons (Fsp3) is 0.394. The van der Waals surface area contributed by atoms with E-state index in [1.54, 1.807) is 37.3 Å². The van der Waals surface area contributed by atoms with Gasteiger partial charge in [0.15, 0.2) is 11.5 Å². The van der Waals surface area contributed by atoms with Crippen LogP contribution in [-0.4, -0.2) is 58.0 Å². The molecule has 0 saturated heterocycles. The number of hydrogen-bond donors (Lipinski definition) is 1. The number of amides is 2. The number of sulfonamides is 1. The molecule has 0 radical (unpaired) electrons. The molecule has 2 atom stereocenters. The number of nitrogens with one attached hydrogen (secondary N) is 1. The van der Waals surface area contributed by atoms with Crippen LogP contribution < -0.4 is 19.1 Å². The van der Waals surface area contributed by atoms with E-state index >= 15 is 0 Å². The van der Waals surface area contributed by atoms with Gasteiger partial charge < -0.3 is 19.7 Å². The van der Waals surface area contributed by atoms with Crippen LogP contribution >= 0.6 is 23.2 Å². The van der Waals surface area contributed by atoms with Crippen LogP contribution in [0.3, 0.4) is 0 Å². The summed E-state index contributed by atoms with van der Waals surface area (Å²) in [6.07, 6.45) is 0.957. The van der Waals surface area contributed by atoms with Crippen molar-refractivity contribution < 1.29 is 27.5 Å². The fourth-order valence-electron chi connectivity index (χ4n) is 4.94. The summed E-state index contributed by atoms with van der Waals surface area (Å²) in [6.45, 7) is 8.58. The van der Waals surface area contributed by atoms with Crippen molar-refractivity contribution in [2.24, 2.45) is 0 Å². The van der Waals surface area contributed by atoms with Gasteiger partial charge in [-0.05, 0) is 81.1 Å². The average molecular weight is 679 g/mol. The molecule has 0 aliphatic carbocycles. The minimum absolute atomic E-state index is 0.102. The Balaban J connectivity index is 2.17. The highest BCUT2D eigenvalue weighted by Crippen LogP contribution is 2.33. The van der Waals surface area contributed by atoms with E-state index in [1.165, 1.54) is 37.3 Å². The first-order chi connectivity index (χ1) is 21.3. The Kier molecular flexibility index (Phi) is 12.6. The molecule has 3 aromatic carbocycles. The number of methoxy groups -OCH3 is 2. The molecular weight excluding hydrogens is 637 g/mol. The van der Waals surface area contributed by atoms with E-state index in [-0.39, 0.29) is 35.6 Å². The van der Waals surface area contributed by atoms with Gasteiger partial charge in [-0.1, -0.05) is 49.2 Å². The van der Waals surface area contributed by atoms with Crippen LogP contribution in [0.25, 0.3) is 0 Å². The predicted octanol–water partition coefficient (Wildman–Crippen LogP) is 6.54. The molecule has 0 spiro atoms. The van der Waals surface area contributed by atoms with Crippen molar-refractivity contribution in [3.05, 3.63) is 81.3 Å². The van der Waals surface area contributed by atoms with E-state index < -0.39 is 28.5 Å². The standard InChI is InChI=1S/C33H41Cl2N3O6S/c1-8-23(5)36-33(40)29(9-2)37(19-26-27(34)11-10-12-28(26)35)32(39)20-38(24-16-21(3)15-22(4)17-24)45(41,42)25-13-14-30(43-6)31(18-25)44-7/h10-18,23,29H,8-9,19-20H2,1-7H3,(H,36,40). The van der Waals surface area contributed by atoms with Gasteiger partial charge in [-0.25, -0.2) is 8.42 Å². The molecule has 45 heavy (non-hydrogen) atoms. The first kappa shape index (κ1) is 36.0. The van der Waals surface area contributed by atoms with Crippen LogP contribution in [0, 0.1) is 13.8 Å². The van der Waals surface area contributed by atoms with Crippen molar-refractivity contribution in [3.63, 3.8) is 0 Å². The third kappa shape index (κ3) is 8.62. The first-order valence-electron chi connectivity index (χ1n) is 14.6. The Morgan fingerprint density at radius 2 is 1.49 bits per heavy atom. The van der Waals surface area contributed by atoms with Gasteiger partial charge in [0, 0.05) is 34.3 Å². The molecule has 0 aromatic heterocycles. The molecule has 3 rings (SSSR count). The molecule has 3 aromatic rings. The third-order valence-electron chi connectivity index (χ3n) is 7.49. The molecule has 2 amide bonds. The largest absolute Gasteiger partial charge is 0.493 e. The fourth-order valence-corrected chi connectivity index (χ4v) is 6.87. The summed E-state index contributed by atoms with van der Waals surface area (Å²) in [5, 5.41) is 3.60. The zero-order valence-corrected chi connectivity index (χ0v) is 29.0. The number of hydrogen-bond acceptors (Lipinski definition) is 6. The first-order valence-corrected chi connectivity index (χ1v) is 16.8. The summed E-state index contributed by atoms with van der Waals surface area (Å²) in [5.74, 6) is -0.399. The van der Waals surface area contributed by atoms with Crippen molar-refractivity contribution in [3.8, 4) is 11.5 Å². The quantitative estimate of drug-likeness (QED) is 0.208. The maximum Gasteiger partial charge on any atom is 0.264 e. The van der Waals surface area contributed by atoms with Gasteiger partial charge in [0.2, 0.25) is 11.8 Å². The van der Waals surface area contributed by atoms with E-state index in [0.717, 1.165) is 15.4 Å². The highest BCUT2D eigenvalue weighted by atomic mass is 35.5. The number of anilines is 1. The number of carbonyl (C=O) groups is 2. The van der Waals surface area contributed by atoms with Gasteiger partial charge in [0.25, 0.3) is 10.0 Å². The van der Waals surface area contributed by atoms with Crippen LogP contribution in [0.2, 0.25) is 10.0 Å². The number of halogens is 2. The zero-order chi connectivity index (χ0) is 33.5. The highest BCUT2D eigenvalue weighted by Gasteiger charge is 2.35. The second kappa shape index (κ2) is 15.7. The van der Waals surface area contributed by atoms with Crippen molar-refractivity contribution in [2.45, 2.75) is 71.0 Å². The van der Waals surface area contributed by atoms with E-state index in [9.17, 15) is 18.0 Å². The van der Waals surface area contributed by atoms with Gasteiger partial charge >= 0.3 is 0 Å². The molecule has 1 N–H and O–H groups in total. The topological polar surface area (TPSA) is 105 Å². The zero-order valence-electron chi connectivity index (χ0n) is 26.7. The number of rotatable bonds is 14. The third-order valence-corrected chi connectivity index (χ3v) is 9.97. The molecule has 0 bridgehead atoms. The Hall–Kier alpha value is -3.47. The lowest BCUT2D eigenvalue weighted by atomic mass is 10.1. The molecular formula is C33H41Cl2N3O6S. The van der Waals surface area contributed by atoms with Crippen LogP contribution in [0.5, 0.6) is 11.5 Å². The molecule has 12 heteroatoms. The normalized spacial score (nSPS) is 12.6. The lowest BCUT2D eigenvalue weighted by molar-refractivity contribution is -0.140. The van der Waals surface area contributed by atoms with Gasteiger partial charge in [-0.3, -0.25) is 13.9 Å². The monoisotopic (exact) mass is 677 g/mol. The second-order valence-electron chi connectivity index (χ2n) is 10.8. The van der Waals surface area contributed by atoms with Crippen molar-refractivity contribution in [2.75, 3.05) is 25.1 Å². The Bertz CT molecular complexity index is 1590. The minimum atomic E-state index is -4.34. The van der Waals surface area contributed by atoms with Crippen molar-refractivity contribution in [1.82, 2.24) is 10.2 Å². The van der Waals surface area contributed by atoms with Gasteiger partial charge in [0.1, 0.15) is 12.6 Å². The number of ether oxygens (including phenoxy) is 2.